The topological polar surface area (TPSA) is 9.23 Å². The van der Waals surface area contributed by atoms with E-state index >= 15 is 0 Å². The Morgan fingerprint density at radius 1 is 0.964 bits per heavy atom. The first kappa shape index (κ1) is 23.8. The number of rotatable bonds is 8. The molecule has 1 unspecified atom stereocenters. The Morgan fingerprint density at radius 3 is 1.93 bits per heavy atom. The fourth-order valence-electron chi connectivity index (χ4n) is 5.24. The van der Waals surface area contributed by atoms with E-state index in [0.717, 1.165) is 50.5 Å². The van der Waals surface area contributed by atoms with Gasteiger partial charge in [-0.15, -0.1) is 0 Å². The van der Waals surface area contributed by atoms with Crippen LogP contribution in [0.3, 0.4) is 0 Å². The highest BCUT2D eigenvalue weighted by Crippen LogP contribution is 2.44. The first-order chi connectivity index (χ1) is 13.0. The average molecular weight is 403 g/mol. The highest BCUT2D eigenvalue weighted by Gasteiger charge is 2.37. The predicted octanol–water partition coefficient (Wildman–Crippen LogP) is 7.74. The average Bonchev–Trinajstić information content (AvgIpc) is 2.66. The van der Waals surface area contributed by atoms with Crippen molar-refractivity contribution in [2.75, 3.05) is 6.61 Å². The van der Waals surface area contributed by atoms with Crippen LogP contribution < -0.4 is 0 Å². The van der Waals surface area contributed by atoms with Gasteiger partial charge in [0, 0.05) is 0 Å². The van der Waals surface area contributed by atoms with Crippen molar-refractivity contribution in [3.63, 3.8) is 0 Å². The van der Waals surface area contributed by atoms with Gasteiger partial charge in [-0.1, -0.05) is 26.2 Å². The van der Waals surface area contributed by atoms with Crippen LogP contribution in [0.25, 0.3) is 0 Å². The van der Waals surface area contributed by atoms with Crippen molar-refractivity contribution in [2.45, 2.75) is 110 Å². The van der Waals surface area contributed by atoms with Gasteiger partial charge >= 0.3 is 0 Å². The van der Waals surface area contributed by atoms with Crippen molar-refractivity contribution in [3.05, 3.63) is 11.9 Å². The fourth-order valence-corrected chi connectivity index (χ4v) is 5.24. The lowest BCUT2D eigenvalue weighted by atomic mass is 9.67. The SMILES string of the molecule is CCC1CCC(C2CCC(C(C)(C)OC/C=C(/F)C(F)C(C)(C)F)CC2)CC1. The van der Waals surface area contributed by atoms with Crippen LogP contribution in [0, 0.1) is 23.7 Å². The molecule has 164 valence electrons. The maximum Gasteiger partial charge on any atom is 0.184 e. The predicted molar refractivity (Wildman–Crippen MR) is 110 cm³/mol. The number of hydrogen-bond donors (Lipinski definition) is 0. The number of alkyl halides is 2. The maximum absolute atomic E-state index is 13.8. The Bertz CT molecular complexity index is 492. The molecule has 0 heterocycles. The Morgan fingerprint density at radius 2 is 1.46 bits per heavy atom. The molecule has 0 bridgehead atoms. The summed E-state index contributed by atoms with van der Waals surface area (Å²) in [4.78, 5) is 0. The molecular formula is C24H41F3O. The molecule has 2 saturated carbocycles. The van der Waals surface area contributed by atoms with E-state index in [4.69, 9.17) is 4.74 Å². The summed E-state index contributed by atoms with van der Waals surface area (Å²) in [5.74, 6) is 2.05. The molecular weight excluding hydrogens is 361 g/mol. The summed E-state index contributed by atoms with van der Waals surface area (Å²) >= 11 is 0. The quantitative estimate of drug-likeness (QED) is 0.403. The standard InChI is InChI=1S/C24H41F3O/c1-6-17-7-9-18(10-8-17)19-11-13-20(14-12-19)24(4,5)28-16-15-21(25)22(26)23(2,3)27/h15,17-20,22H,6-14,16H2,1-5H3/b21-15+. The summed E-state index contributed by atoms with van der Waals surface area (Å²) in [7, 11) is 0. The van der Waals surface area contributed by atoms with E-state index in [1.54, 1.807) is 0 Å². The molecule has 0 aromatic rings. The molecule has 0 N–H and O–H groups in total. The molecule has 2 fully saturated rings. The molecule has 1 atom stereocenters. The van der Waals surface area contributed by atoms with E-state index in [9.17, 15) is 13.2 Å². The molecule has 0 aliphatic heterocycles. The van der Waals surface area contributed by atoms with Gasteiger partial charge in [0.15, 0.2) is 6.17 Å². The summed E-state index contributed by atoms with van der Waals surface area (Å²) in [6.07, 6.45) is 10.5. The van der Waals surface area contributed by atoms with Crippen LogP contribution in [0.1, 0.15) is 92.4 Å². The van der Waals surface area contributed by atoms with Gasteiger partial charge in [-0.05, 0) is 96.0 Å². The normalized spacial score (nSPS) is 31.6. The zero-order valence-electron chi connectivity index (χ0n) is 18.6. The van der Waals surface area contributed by atoms with Crippen LogP contribution >= 0.6 is 0 Å². The van der Waals surface area contributed by atoms with Crippen LogP contribution in [-0.4, -0.2) is 24.0 Å². The molecule has 0 radical (unpaired) electrons. The first-order valence-corrected chi connectivity index (χ1v) is 11.4. The van der Waals surface area contributed by atoms with Crippen molar-refractivity contribution in [3.8, 4) is 0 Å². The summed E-state index contributed by atoms with van der Waals surface area (Å²) in [5, 5.41) is 0. The van der Waals surface area contributed by atoms with Crippen molar-refractivity contribution < 1.29 is 17.9 Å². The molecule has 0 spiro atoms. The zero-order chi connectivity index (χ0) is 20.9. The van der Waals surface area contributed by atoms with Crippen LogP contribution in [0.15, 0.2) is 11.9 Å². The molecule has 28 heavy (non-hydrogen) atoms. The van der Waals surface area contributed by atoms with Crippen LogP contribution in [0.4, 0.5) is 13.2 Å². The minimum absolute atomic E-state index is 0.0176. The molecule has 0 saturated heterocycles. The molecule has 2 aliphatic carbocycles. The maximum atomic E-state index is 13.8. The summed E-state index contributed by atoms with van der Waals surface area (Å²) in [6.45, 7) is 8.47. The van der Waals surface area contributed by atoms with Gasteiger partial charge in [0.05, 0.1) is 12.2 Å². The molecule has 2 aliphatic rings. The van der Waals surface area contributed by atoms with E-state index in [-0.39, 0.29) is 12.2 Å². The molecule has 0 amide bonds. The lowest BCUT2D eigenvalue weighted by Crippen LogP contribution is -2.38. The van der Waals surface area contributed by atoms with E-state index in [1.807, 2.05) is 13.8 Å². The third kappa shape index (κ3) is 6.50. The number of hydrogen-bond acceptors (Lipinski definition) is 1. The van der Waals surface area contributed by atoms with E-state index in [2.05, 4.69) is 6.92 Å². The van der Waals surface area contributed by atoms with Gasteiger partial charge in [0.1, 0.15) is 11.5 Å². The first-order valence-electron chi connectivity index (χ1n) is 11.4. The smallest absolute Gasteiger partial charge is 0.184 e. The Labute approximate surface area is 170 Å². The Hall–Kier alpha value is -0.510. The fraction of sp³-hybridized carbons (Fsp3) is 0.917. The van der Waals surface area contributed by atoms with Gasteiger partial charge in [0.25, 0.3) is 0 Å². The summed E-state index contributed by atoms with van der Waals surface area (Å²) in [5.41, 5.74) is -2.59. The Balaban J connectivity index is 1.78. The molecule has 4 heteroatoms. The highest BCUT2D eigenvalue weighted by atomic mass is 19.2. The van der Waals surface area contributed by atoms with Gasteiger partial charge in [-0.2, -0.15) is 0 Å². The second kappa shape index (κ2) is 10.00. The third-order valence-electron chi connectivity index (χ3n) is 7.47. The minimum atomic E-state index is -2.24. The van der Waals surface area contributed by atoms with Gasteiger partial charge in [-0.25, -0.2) is 13.2 Å². The van der Waals surface area contributed by atoms with Gasteiger partial charge in [-0.3, -0.25) is 0 Å². The van der Waals surface area contributed by atoms with E-state index < -0.39 is 17.7 Å². The lowest BCUT2D eigenvalue weighted by molar-refractivity contribution is -0.0654. The largest absolute Gasteiger partial charge is 0.371 e. The Kier molecular flexibility index (Phi) is 8.49. The highest BCUT2D eigenvalue weighted by molar-refractivity contribution is 5.05. The lowest BCUT2D eigenvalue weighted by Gasteiger charge is -2.42. The second-order valence-corrected chi connectivity index (χ2v) is 10.2. The monoisotopic (exact) mass is 402 g/mol. The second-order valence-electron chi connectivity index (χ2n) is 10.2. The van der Waals surface area contributed by atoms with Crippen LogP contribution in [0.2, 0.25) is 0 Å². The molecule has 1 nitrogen and oxygen atoms in total. The molecule has 0 aromatic heterocycles. The summed E-state index contributed by atoms with van der Waals surface area (Å²) < 4.78 is 46.9. The van der Waals surface area contributed by atoms with E-state index in [1.165, 1.54) is 44.9 Å². The van der Waals surface area contributed by atoms with E-state index in [0.29, 0.717) is 5.92 Å². The number of allylic oxidation sites excluding steroid dienone is 1. The summed E-state index contributed by atoms with van der Waals surface area (Å²) in [6, 6.07) is 0. The minimum Gasteiger partial charge on any atom is -0.371 e. The molecule has 0 aromatic carbocycles. The van der Waals surface area contributed by atoms with Gasteiger partial charge in [0.2, 0.25) is 0 Å². The van der Waals surface area contributed by atoms with Crippen molar-refractivity contribution in [1.82, 2.24) is 0 Å². The number of ether oxygens (including phenoxy) is 1. The van der Waals surface area contributed by atoms with Crippen LogP contribution in [-0.2, 0) is 4.74 Å². The third-order valence-corrected chi connectivity index (χ3v) is 7.47. The number of halogens is 3. The van der Waals surface area contributed by atoms with Crippen molar-refractivity contribution >= 4 is 0 Å². The zero-order valence-corrected chi connectivity index (χ0v) is 18.6. The molecule has 2 rings (SSSR count). The van der Waals surface area contributed by atoms with Crippen LogP contribution in [0.5, 0.6) is 0 Å². The van der Waals surface area contributed by atoms with Gasteiger partial charge < -0.3 is 4.74 Å². The van der Waals surface area contributed by atoms with Crippen molar-refractivity contribution in [1.29, 1.82) is 0 Å². The van der Waals surface area contributed by atoms with Crippen molar-refractivity contribution in [2.24, 2.45) is 23.7 Å².